The van der Waals surface area contributed by atoms with Crippen molar-refractivity contribution in [2.24, 2.45) is 0 Å². The highest BCUT2D eigenvalue weighted by molar-refractivity contribution is 7.92. The lowest BCUT2D eigenvalue weighted by atomic mass is 10.2. The monoisotopic (exact) mass is 397 g/mol. The normalized spacial score (nSPS) is 15.6. The number of benzene rings is 1. The van der Waals surface area contributed by atoms with Gasteiger partial charge in [0, 0.05) is 11.7 Å². The Labute approximate surface area is 157 Å². The molecule has 9 nitrogen and oxygen atoms in total. The van der Waals surface area contributed by atoms with E-state index in [2.05, 4.69) is 15.4 Å². The summed E-state index contributed by atoms with van der Waals surface area (Å²) in [5.74, 6) is -1.56. The zero-order valence-electron chi connectivity index (χ0n) is 15.2. The summed E-state index contributed by atoms with van der Waals surface area (Å²) in [7, 11) is -3.49. The van der Waals surface area contributed by atoms with Gasteiger partial charge in [0.2, 0.25) is 10.0 Å². The molecular weight excluding hydrogens is 374 g/mol. The number of amides is 3. The van der Waals surface area contributed by atoms with Gasteiger partial charge in [-0.2, -0.15) is 0 Å². The number of ether oxygens (including phenoxy) is 1. The van der Waals surface area contributed by atoms with E-state index in [1.807, 2.05) is 0 Å². The van der Waals surface area contributed by atoms with Gasteiger partial charge in [-0.25, -0.2) is 18.0 Å². The van der Waals surface area contributed by atoms with Gasteiger partial charge in [0.1, 0.15) is 0 Å². The average Bonchev–Trinajstić information content (AvgIpc) is 3.06. The zero-order valence-corrected chi connectivity index (χ0v) is 16.0. The van der Waals surface area contributed by atoms with Gasteiger partial charge in [0.15, 0.2) is 6.10 Å². The van der Waals surface area contributed by atoms with Crippen LogP contribution in [0.4, 0.5) is 10.5 Å². The number of anilines is 1. The summed E-state index contributed by atoms with van der Waals surface area (Å²) in [4.78, 5) is 36.0. The molecule has 0 saturated heterocycles. The summed E-state index contributed by atoms with van der Waals surface area (Å²) in [5, 5.41) is 4.85. The smallest absolute Gasteiger partial charge is 0.338 e. The van der Waals surface area contributed by atoms with Gasteiger partial charge in [-0.1, -0.05) is 18.9 Å². The van der Waals surface area contributed by atoms with E-state index in [9.17, 15) is 22.8 Å². The first kappa shape index (κ1) is 20.7. The van der Waals surface area contributed by atoms with Gasteiger partial charge >= 0.3 is 12.0 Å². The van der Waals surface area contributed by atoms with Crippen LogP contribution in [0.2, 0.25) is 0 Å². The highest BCUT2D eigenvalue weighted by Gasteiger charge is 2.23. The summed E-state index contributed by atoms with van der Waals surface area (Å²) in [5.41, 5.74) is 0.263. The minimum absolute atomic E-state index is 0.0562. The molecule has 0 heterocycles. The molecule has 3 amide bonds. The predicted octanol–water partition coefficient (Wildman–Crippen LogP) is 1.37. The third-order valence-corrected chi connectivity index (χ3v) is 4.59. The maximum absolute atomic E-state index is 12.2. The first-order valence-electron chi connectivity index (χ1n) is 8.54. The van der Waals surface area contributed by atoms with Crippen LogP contribution < -0.4 is 15.4 Å². The highest BCUT2D eigenvalue weighted by Crippen LogP contribution is 2.17. The van der Waals surface area contributed by atoms with Crippen LogP contribution in [-0.2, 0) is 19.6 Å². The maximum atomic E-state index is 12.2. The predicted molar refractivity (Wildman–Crippen MR) is 98.7 cm³/mol. The lowest BCUT2D eigenvalue weighted by molar-refractivity contribution is -0.127. The van der Waals surface area contributed by atoms with Gasteiger partial charge < -0.3 is 10.1 Å². The molecule has 0 aromatic heterocycles. The minimum Gasteiger partial charge on any atom is -0.449 e. The quantitative estimate of drug-likeness (QED) is 0.622. The van der Waals surface area contributed by atoms with Crippen molar-refractivity contribution < 1.29 is 27.5 Å². The second kappa shape index (κ2) is 8.85. The van der Waals surface area contributed by atoms with E-state index in [4.69, 9.17) is 4.74 Å². The minimum atomic E-state index is -3.49. The van der Waals surface area contributed by atoms with Gasteiger partial charge in [-0.15, -0.1) is 0 Å². The van der Waals surface area contributed by atoms with E-state index in [0.717, 1.165) is 31.9 Å². The number of rotatable bonds is 6. The SMILES string of the molecule is CC(OC(=O)c1cccc(NS(C)(=O)=O)c1)C(=O)NC(=O)NC1CCCC1. The van der Waals surface area contributed by atoms with E-state index >= 15 is 0 Å². The molecular formula is C17H23N3O6S. The Morgan fingerprint density at radius 2 is 1.85 bits per heavy atom. The van der Waals surface area contributed by atoms with Crippen LogP contribution in [0.25, 0.3) is 0 Å². The van der Waals surface area contributed by atoms with E-state index < -0.39 is 34.0 Å². The summed E-state index contributed by atoms with van der Waals surface area (Å²) < 4.78 is 29.8. The molecule has 1 aliphatic rings. The number of hydrogen-bond donors (Lipinski definition) is 3. The molecule has 1 aromatic carbocycles. The van der Waals surface area contributed by atoms with Crippen molar-refractivity contribution in [3.63, 3.8) is 0 Å². The van der Waals surface area contributed by atoms with Crippen molar-refractivity contribution in [2.45, 2.75) is 44.8 Å². The fourth-order valence-corrected chi connectivity index (χ4v) is 3.27. The molecule has 1 unspecified atom stereocenters. The van der Waals surface area contributed by atoms with Crippen LogP contribution in [0, 0.1) is 0 Å². The number of esters is 1. The van der Waals surface area contributed by atoms with Gasteiger partial charge in [0.05, 0.1) is 11.8 Å². The van der Waals surface area contributed by atoms with Gasteiger partial charge in [0.25, 0.3) is 5.91 Å². The molecule has 1 aromatic rings. The zero-order chi connectivity index (χ0) is 20.0. The highest BCUT2D eigenvalue weighted by atomic mass is 32.2. The molecule has 1 saturated carbocycles. The Morgan fingerprint density at radius 1 is 1.19 bits per heavy atom. The molecule has 0 aliphatic heterocycles. The second-order valence-electron chi connectivity index (χ2n) is 6.45. The summed E-state index contributed by atoms with van der Waals surface area (Å²) >= 11 is 0. The Bertz CT molecular complexity index is 818. The molecule has 27 heavy (non-hydrogen) atoms. The molecule has 3 N–H and O–H groups in total. The molecule has 0 radical (unpaired) electrons. The van der Waals surface area contributed by atoms with Crippen molar-refractivity contribution in [1.82, 2.24) is 10.6 Å². The molecule has 1 aliphatic carbocycles. The first-order valence-corrected chi connectivity index (χ1v) is 10.4. The van der Waals surface area contributed by atoms with Crippen LogP contribution in [0.1, 0.15) is 43.0 Å². The largest absolute Gasteiger partial charge is 0.449 e. The van der Waals surface area contributed by atoms with Crippen LogP contribution in [-0.4, -0.2) is 44.7 Å². The van der Waals surface area contributed by atoms with E-state index in [1.165, 1.54) is 31.2 Å². The molecule has 1 atom stereocenters. The van der Waals surface area contributed by atoms with Crippen molar-refractivity contribution >= 4 is 33.6 Å². The van der Waals surface area contributed by atoms with Crippen molar-refractivity contribution in [3.05, 3.63) is 29.8 Å². The topological polar surface area (TPSA) is 131 Å². The lowest BCUT2D eigenvalue weighted by Gasteiger charge is -2.15. The van der Waals surface area contributed by atoms with Crippen LogP contribution >= 0.6 is 0 Å². The molecule has 2 rings (SSSR count). The molecule has 148 valence electrons. The number of carbonyl (C=O) groups is 3. The lowest BCUT2D eigenvalue weighted by Crippen LogP contribution is -2.47. The fraction of sp³-hybridized carbons (Fsp3) is 0.471. The third kappa shape index (κ3) is 6.89. The number of hydrogen-bond acceptors (Lipinski definition) is 6. The van der Waals surface area contributed by atoms with Crippen LogP contribution in [0.15, 0.2) is 24.3 Å². The summed E-state index contributed by atoms with van der Waals surface area (Å²) in [6.45, 7) is 1.34. The molecule has 1 fully saturated rings. The Hall–Kier alpha value is -2.62. The number of carbonyl (C=O) groups excluding carboxylic acids is 3. The maximum Gasteiger partial charge on any atom is 0.338 e. The van der Waals surface area contributed by atoms with E-state index in [0.29, 0.717) is 0 Å². The molecule has 10 heteroatoms. The van der Waals surface area contributed by atoms with Gasteiger partial charge in [-0.05, 0) is 38.0 Å². The third-order valence-electron chi connectivity index (χ3n) is 3.98. The Morgan fingerprint density at radius 3 is 2.48 bits per heavy atom. The van der Waals surface area contributed by atoms with Crippen molar-refractivity contribution in [1.29, 1.82) is 0 Å². The van der Waals surface area contributed by atoms with Crippen molar-refractivity contribution in [3.8, 4) is 0 Å². The Balaban J connectivity index is 1.89. The number of imide groups is 1. The number of sulfonamides is 1. The first-order chi connectivity index (χ1) is 12.6. The molecule has 0 spiro atoms. The van der Waals surface area contributed by atoms with Gasteiger partial charge in [-0.3, -0.25) is 14.8 Å². The number of urea groups is 1. The van der Waals surface area contributed by atoms with Crippen molar-refractivity contribution in [2.75, 3.05) is 11.0 Å². The second-order valence-corrected chi connectivity index (χ2v) is 8.20. The van der Waals surface area contributed by atoms with Crippen LogP contribution in [0.3, 0.4) is 0 Å². The molecule has 0 bridgehead atoms. The Kier molecular flexibility index (Phi) is 6.78. The standard InChI is InChI=1S/C17H23N3O6S/c1-11(15(21)19-17(23)18-13-7-3-4-8-13)26-16(22)12-6-5-9-14(10-12)20-27(2,24)25/h5-6,9-11,13,20H,3-4,7-8H2,1-2H3,(H2,18,19,21,23). The average molecular weight is 397 g/mol. The van der Waals surface area contributed by atoms with Crippen LogP contribution in [0.5, 0.6) is 0 Å². The summed E-state index contributed by atoms with van der Waals surface area (Å²) in [6, 6.07) is 5.11. The van der Waals surface area contributed by atoms with E-state index in [-0.39, 0.29) is 17.3 Å². The van der Waals surface area contributed by atoms with E-state index in [1.54, 1.807) is 0 Å². The summed E-state index contributed by atoms with van der Waals surface area (Å²) in [6.07, 6.45) is 3.63. The fourth-order valence-electron chi connectivity index (χ4n) is 2.71. The number of nitrogens with one attached hydrogen (secondary N) is 3.